The summed E-state index contributed by atoms with van der Waals surface area (Å²) >= 11 is 8.85. The van der Waals surface area contributed by atoms with Crippen LogP contribution in [0.4, 0.5) is 0 Å². The van der Waals surface area contributed by atoms with Crippen LogP contribution in [-0.4, -0.2) is 44.0 Å². The van der Waals surface area contributed by atoms with E-state index in [0.717, 1.165) is 21.0 Å². The summed E-state index contributed by atoms with van der Waals surface area (Å²) in [5.41, 5.74) is 0. The molecule has 0 spiro atoms. The zero-order valence-electron chi connectivity index (χ0n) is 8.19. The largest absolute Gasteiger partial charge is 0.157 e. The second-order valence-corrected chi connectivity index (χ2v) is 9.63. The smallest absolute Gasteiger partial charge is 0.0149 e. The molecular formula is C10H16S4. The van der Waals surface area contributed by atoms with E-state index in [1.165, 1.54) is 35.9 Å². The molecule has 4 atom stereocenters. The standard InChI is InChI=1S/C10H16S4/c1(7-3-11-7)9-5-14-10(6-13-9)2-8-4-12-8/h7-10H,1-6H2. The molecule has 3 aliphatic rings. The Morgan fingerprint density at radius 2 is 0.857 bits per heavy atom. The van der Waals surface area contributed by atoms with Crippen molar-refractivity contribution in [2.75, 3.05) is 23.0 Å². The summed E-state index contributed by atoms with van der Waals surface area (Å²) in [7, 11) is 0. The molecule has 0 radical (unpaired) electrons. The molecule has 4 heteroatoms. The van der Waals surface area contributed by atoms with Gasteiger partial charge in [-0.25, -0.2) is 0 Å². The molecule has 3 saturated heterocycles. The molecule has 0 aromatic carbocycles. The minimum atomic E-state index is 0.989. The summed E-state index contributed by atoms with van der Waals surface area (Å²) in [6.45, 7) is 0. The van der Waals surface area contributed by atoms with Gasteiger partial charge in [0.15, 0.2) is 0 Å². The second-order valence-electron chi connectivity index (χ2n) is 4.29. The van der Waals surface area contributed by atoms with Crippen LogP contribution in [0, 0.1) is 0 Å². The van der Waals surface area contributed by atoms with Gasteiger partial charge in [0.2, 0.25) is 0 Å². The lowest BCUT2D eigenvalue weighted by Crippen LogP contribution is -2.23. The van der Waals surface area contributed by atoms with Crippen LogP contribution < -0.4 is 0 Å². The SMILES string of the molecule is C1SC1CC1CSC(CC2CS2)CS1. The van der Waals surface area contributed by atoms with Crippen molar-refractivity contribution in [2.24, 2.45) is 0 Å². The maximum Gasteiger partial charge on any atom is 0.0149 e. The second kappa shape index (κ2) is 4.72. The van der Waals surface area contributed by atoms with Crippen LogP contribution in [-0.2, 0) is 0 Å². The van der Waals surface area contributed by atoms with Gasteiger partial charge in [-0.15, -0.1) is 0 Å². The summed E-state index contributed by atoms with van der Waals surface area (Å²) in [4.78, 5) is 0. The molecule has 80 valence electrons. The monoisotopic (exact) mass is 264 g/mol. The molecule has 3 heterocycles. The number of rotatable bonds is 4. The van der Waals surface area contributed by atoms with Crippen molar-refractivity contribution in [1.29, 1.82) is 0 Å². The quantitative estimate of drug-likeness (QED) is 0.715. The maximum absolute atomic E-state index is 2.27. The van der Waals surface area contributed by atoms with Gasteiger partial charge < -0.3 is 0 Å². The predicted octanol–water partition coefficient (Wildman–Crippen LogP) is 3.21. The fourth-order valence-corrected chi connectivity index (χ4v) is 6.60. The minimum Gasteiger partial charge on any atom is -0.157 e. The fourth-order valence-electron chi connectivity index (χ4n) is 1.85. The Bertz CT molecular complexity index is 170. The van der Waals surface area contributed by atoms with E-state index in [9.17, 15) is 0 Å². The summed E-state index contributed by atoms with van der Waals surface area (Å²) in [5.74, 6) is 5.77. The Morgan fingerprint density at radius 3 is 1.07 bits per heavy atom. The van der Waals surface area contributed by atoms with Crippen molar-refractivity contribution in [3.8, 4) is 0 Å². The van der Waals surface area contributed by atoms with Gasteiger partial charge in [-0.3, -0.25) is 0 Å². The molecule has 3 rings (SSSR count). The molecule has 0 nitrogen and oxygen atoms in total. The topological polar surface area (TPSA) is 0 Å². The molecule has 0 aromatic heterocycles. The van der Waals surface area contributed by atoms with E-state index >= 15 is 0 Å². The van der Waals surface area contributed by atoms with E-state index in [2.05, 4.69) is 47.0 Å². The Labute approximate surface area is 103 Å². The highest BCUT2D eigenvalue weighted by atomic mass is 32.2. The Balaban J connectivity index is 1.37. The average Bonchev–Trinajstić information content (AvgIpc) is 3.02. The van der Waals surface area contributed by atoms with Crippen molar-refractivity contribution < 1.29 is 0 Å². The van der Waals surface area contributed by atoms with Crippen LogP contribution in [0.5, 0.6) is 0 Å². The van der Waals surface area contributed by atoms with E-state index < -0.39 is 0 Å². The number of thioether (sulfide) groups is 4. The van der Waals surface area contributed by atoms with Gasteiger partial charge in [-0.1, -0.05) is 0 Å². The molecule has 3 aliphatic heterocycles. The van der Waals surface area contributed by atoms with Gasteiger partial charge in [0.05, 0.1) is 0 Å². The lowest BCUT2D eigenvalue weighted by Gasteiger charge is -2.27. The van der Waals surface area contributed by atoms with Crippen LogP contribution in [0.3, 0.4) is 0 Å². The van der Waals surface area contributed by atoms with Crippen LogP contribution in [0.2, 0.25) is 0 Å². The lowest BCUT2D eigenvalue weighted by atomic mass is 10.2. The van der Waals surface area contributed by atoms with Gasteiger partial charge in [-0.05, 0) is 12.8 Å². The third-order valence-corrected chi connectivity index (χ3v) is 8.16. The van der Waals surface area contributed by atoms with Gasteiger partial charge in [0.1, 0.15) is 0 Å². The first-order chi connectivity index (χ1) is 6.90. The summed E-state index contributed by atoms with van der Waals surface area (Å²) in [6, 6.07) is 0. The molecule has 0 aromatic rings. The number of hydrogen-bond acceptors (Lipinski definition) is 4. The maximum atomic E-state index is 2.27. The van der Waals surface area contributed by atoms with Crippen LogP contribution in [0.15, 0.2) is 0 Å². The molecule has 0 N–H and O–H groups in total. The first-order valence-electron chi connectivity index (χ1n) is 5.36. The summed E-state index contributed by atoms with van der Waals surface area (Å²) in [6.07, 6.45) is 2.99. The average molecular weight is 265 g/mol. The zero-order valence-corrected chi connectivity index (χ0v) is 11.5. The van der Waals surface area contributed by atoms with Crippen molar-refractivity contribution in [3.05, 3.63) is 0 Å². The third-order valence-electron chi connectivity index (χ3n) is 2.89. The van der Waals surface area contributed by atoms with Crippen molar-refractivity contribution in [1.82, 2.24) is 0 Å². The molecule has 3 fully saturated rings. The van der Waals surface area contributed by atoms with Crippen molar-refractivity contribution in [2.45, 2.75) is 33.8 Å². The van der Waals surface area contributed by atoms with Crippen LogP contribution in [0.25, 0.3) is 0 Å². The van der Waals surface area contributed by atoms with Crippen molar-refractivity contribution in [3.63, 3.8) is 0 Å². The third kappa shape index (κ3) is 3.19. The molecule has 0 amide bonds. The van der Waals surface area contributed by atoms with E-state index in [1.54, 1.807) is 0 Å². The van der Waals surface area contributed by atoms with Gasteiger partial charge in [0, 0.05) is 44.0 Å². The van der Waals surface area contributed by atoms with Crippen LogP contribution >= 0.6 is 47.0 Å². The normalized spacial score (nSPS) is 46.3. The first-order valence-corrected chi connectivity index (χ1v) is 9.56. The van der Waals surface area contributed by atoms with Crippen molar-refractivity contribution >= 4 is 47.0 Å². The predicted molar refractivity (Wildman–Crippen MR) is 74.2 cm³/mol. The highest BCUT2D eigenvalue weighted by Crippen LogP contribution is 2.43. The van der Waals surface area contributed by atoms with E-state index in [1.807, 2.05) is 0 Å². The summed E-state index contributed by atoms with van der Waals surface area (Å²) < 4.78 is 0. The van der Waals surface area contributed by atoms with E-state index in [0.29, 0.717) is 0 Å². The lowest BCUT2D eigenvalue weighted by molar-refractivity contribution is 0.811. The Kier molecular flexibility index (Phi) is 3.56. The molecule has 0 bridgehead atoms. The molecule has 0 saturated carbocycles. The Morgan fingerprint density at radius 1 is 0.571 bits per heavy atom. The first kappa shape index (κ1) is 10.5. The van der Waals surface area contributed by atoms with E-state index in [-0.39, 0.29) is 0 Å². The Hall–Kier alpha value is 1.40. The van der Waals surface area contributed by atoms with Gasteiger partial charge >= 0.3 is 0 Å². The van der Waals surface area contributed by atoms with E-state index in [4.69, 9.17) is 0 Å². The zero-order chi connectivity index (χ0) is 9.38. The van der Waals surface area contributed by atoms with Crippen LogP contribution in [0.1, 0.15) is 12.8 Å². The van der Waals surface area contributed by atoms with Gasteiger partial charge in [-0.2, -0.15) is 47.0 Å². The minimum absolute atomic E-state index is 0.989. The molecule has 0 aliphatic carbocycles. The van der Waals surface area contributed by atoms with Gasteiger partial charge in [0.25, 0.3) is 0 Å². The molecular weight excluding hydrogens is 248 g/mol. The molecule has 4 unspecified atom stereocenters. The fraction of sp³-hybridized carbons (Fsp3) is 1.00. The number of hydrogen-bond donors (Lipinski definition) is 0. The highest BCUT2D eigenvalue weighted by molar-refractivity contribution is 8.08. The highest BCUT2D eigenvalue weighted by Gasteiger charge is 2.32. The molecule has 14 heavy (non-hydrogen) atoms. The summed E-state index contributed by atoms with van der Waals surface area (Å²) in [5, 5.41) is 4.07.